The fourth-order valence-electron chi connectivity index (χ4n) is 2.96. The van der Waals surface area contributed by atoms with E-state index in [-0.39, 0.29) is 0 Å². The van der Waals surface area contributed by atoms with Gasteiger partial charge in [-0.1, -0.05) is 54.4 Å². The Morgan fingerprint density at radius 1 is 1.26 bits per heavy atom. The van der Waals surface area contributed by atoms with E-state index in [1.165, 1.54) is 24.1 Å². The molecule has 1 aromatic carbocycles. The maximum Gasteiger partial charge on any atom is 0.0467 e. The van der Waals surface area contributed by atoms with Crippen LogP contribution in [0.15, 0.2) is 18.2 Å². The summed E-state index contributed by atoms with van der Waals surface area (Å²) in [6.45, 7) is 9.36. The van der Waals surface area contributed by atoms with Gasteiger partial charge in [0.25, 0.3) is 0 Å². The van der Waals surface area contributed by atoms with Gasteiger partial charge in [0.2, 0.25) is 0 Å². The molecule has 0 amide bonds. The van der Waals surface area contributed by atoms with Gasteiger partial charge >= 0.3 is 0 Å². The van der Waals surface area contributed by atoms with Crippen molar-refractivity contribution in [1.29, 1.82) is 0 Å². The second-order valence-electron chi connectivity index (χ2n) is 6.50. The molecule has 0 bridgehead atoms. The molecule has 3 heteroatoms. The van der Waals surface area contributed by atoms with Crippen LogP contribution < -0.4 is 4.90 Å². The Morgan fingerprint density at radius 2 is 1.89 bits per heavy atom. The molecule has 106 valence electrons. The Labute approximate surface area is 130 Å². The second-order valence-corrected chi connectivity index (χ2v) is 7.47. The molecule has 1 heterocycles. The van der Waals surface area contributed by atoms with Crippen molar-refractivity contribution in [2.75, 3.05) is 18.0 Å². The van der Waals surface area contributed by atoms with Gasteiger partial charge < -0.3 is 4.90 Å². The van der Waals surface area contributed by atoms with Crippen LogP contribution in [-0.4, -0.2) is 13.1 Å². The zero-order valence-electron chi connectivity index (χ0n) is 12.0. The summed E-state index contributed by atoms with van der Waals surface area (Å²) >= 11 is 9.85. The molecular weight excluding hydrogens is 322 g/mol. The highest BCUT2D eigenvalue weighted by Gasteiger charge is 2.29. The third-order valence-electron chi connectivity index (χ3n) is 4.29. The predicted molar refractivity (Wildman–Crippen MR) is 88.5 cm³/mol. The van der Waals surface area contributed by atoms with E-state index in [1.807, 2.05) is 6.07 Å². The molecule has 1 nitrogen and oxygen atoms in total. The largest absolute Gasteiger partial charge is 0.371 e. The quantitative estimate of drug-likeness (QED) is 0.640. The normalized spacial score (nSPS) is 17.8. The van der Waals surface area contributed by atoms with Crippen LogP contribution in [0.2, 0.25) is 5.02 Å². The van der Waals surface area contributed by atoms with Gasteiger partial charge in [-0.05, 0) is 36.3 Å². The molecule has 1 saturated heterocycles. The molecule has 0 spiro atoms. The van der Waals surface area contributed by atoms with Crippen LogP contribution in [-0.2, 0) is 5.33 Å². The summed E-state index contributed by atoms with van der Waals surface area (Å²) in [6.07, 6.45) is 2.55. The molecule has 0 aromatic heterocycles. The van der Waals surface area contributed by atoms with Gasteiger partial charge in [-0.2, -0.15) is 0 Å². The Balaban J connectivity index is 2.12. The minimum Gasteiger partial charge on any atom is -0.371 e. The van der Waals surface area contributed by atoms with E-state index in [2.05, 4.69) is 53.7 Å². The molecule has 0 aliphatic carbocycles. The maximum atomic E-state index is 6.29. The number of rotatable bonds is 2. The van der Waals surface area contributed by atoms with Crippen LogP contribution in [0, 0.1) is 11.3 Å². The van der Waals surface area contributed by atoms with Crippen LogP contribution in [0.3, 0.4) is 0 Å². The van der Waals surface area contributed by atoms with Gasteiger partial charge in [-0.15, -0.1) is 0 Å². The number of benzene rings is 1. The highest BCUT2D eigenvalue weighted by molar-refractivity contribution is 9.08. The van der Waals surface area contributed by atoms with Crippen molar-refractivity contribution in [3.63, 3.8) is 0 Å². The first-order valence-corrected chi connectivity index (χ1v) is 8.51. The summed E-state index contributed by atoms with van der Waals surface area (Å²) < 4.78 is 0. The van der Waals surface area contributed by atoms with E-state index in [1.54, 1.807) is 0 Å². The Morgan fingerprint density at radius 3 is 2.42 bits per heavy atom. The molecule has 0 N–H and O–H groups in total. The molecule has 1 aromatic rings. The van der Waals surface area contributed by atoms with E-state index in [0.29, 0.717) is 5.41 Å². The Bertz CT molecular complexity index is 431. The Hall–Kier alpha value is -0.210. The fourth-order valence-corrected chi connectivity index (χ4v) is 3.95. The van der Waals surface area contributed by atoms with Gasteiger partial charge in [-0.25, -0.2) is 0 Å². The molecule has 0 radical (unpaired) electrons. The zero-order chi connectivity index (χ0) is 14.0. The van der Waals surface area contributed by atoms with Gasteiger partial charge in [0.1, 0.15) is 0 Å². The summed E-state index contributed by atoms with van der Waals surface area (Å²) in [7, 11) is 0. The van der Waals surface area contributed by atoms with Crippen LogP contribution >= 0.6 is 27.5 Å². The summed E-state index contributed by atoms with van der Waals surface area (Å²) in [5.74, 6) is 0.829. The van der Waals surface area contributed by atoms with Crippen molar-refractivity contribution in [3.8, 4) is 0 Å². The first kappa shape index (κ1) is 15.2. The zero-order valence-corrected chi connectivity index (χ0v) is 14.4. The van der Waals surface area contributed by atoms with Gasteiger partial charge in [0.15, 0.2) is 0 Å². The lowest BCUT2D eigenvalue weighted by molar-refractivity contribution is 0.199. The van der Waals surface area contributed by atoms with Crippen molar-refractivity contribution in [1.82, 2.24) is 0 Å². The van der Waals surface area contributed by atoms with Crippen molar-refractivity contribution in [2.24, 2.45) is 11.3 Å². The average Bonchev–Trinajstić information content (AvgIpc) is 2.37. The minimum absolute atomic E-state index is 0.429. The lowest BCUT2D eigenvalue weighted by atomic mass is 9.75. The molecule has 19 heavy (non-hydrogen) atoms. The summed E-state index contributed by atoms with van der Waals surface area (Å²) in [5, 5.41) is 1.69. The molecule has 0 unspecified atom stereocenters. The van der Waals surface area contributed by atoms with Crippen LogP contribution in [0.4, 0.5) is 5.69 Å². The van der Waals surface area contributed by atoms with E-state index in [0.717, 1.165) is 29.4 Å². The Kier molecular flexibility index (Phi) is 4.84. The van der Waals surface area contributed by atoms with E-state index < -0.39 is 0 Å². The van der Waals surface area contributed by atoms with Crippen LogP contribution in [0.25, 0.3) is 0 Å². The van der Waals surface area contributed by atoms with E-state index >= 15 is 0 Å². The van der Waals surface area contributed by atoms with Crippen LogP contribution in [0.5, 0.6) is 0 Å². The third-order valence-corrected chi connectivity index (χ3v) is 5.20. The fraction of sp³-hybridized carbons (Fsp3) is 0.625. The molecule has 2 rings (SSSR count). The SMILES string of the molecule is CC(C)(C)C1CCN(c2cccc(Cl)c2CBr)CC1. The third kappa shape index (κ3) is 3.46. The standard InChI is InChI=1S/C16H23BrClN/c1-16(2,3)12-7-9-19(10-8-12)15-6-4-5-14(18)13(15)11-17/h4-6,12H,7-11H2,1-3H3. The van der Waals surface area contributed by atoms with Crippen molar-refractivity contribution in [2.45, 2.75) is 38.9 Å². The molecule has 1 aliphatic heterocycles. The van der Waals surface area contributed by atoms with E-state index in [4.69, 9.17) is 11.6 Å². The number of hydrogen-bond donors (Lipinski definition) is 0. The van der Waals surface area contributed by atoms with Gasteiger partial charge in [0.05, 0.1) is 0 Å². The number of piperidine rings is 1. The average molecular weight is 345 g/mol. The highest BCUT2D eigenvalue weighted by Crippen LogP contribution is 2.37. The van der Waals surface area contributed by atoms with Crippen molar-refractivity contribution >= 4 is 33.2 Å². The number of alkyl halides is 1. The summed E-state index contributed by atoms with van der Waals surface area (Å²) in [6, 6.07) is 6.23. The highest BCUT2D eigenvalue weighted by atomic mass is 79.9. The first-order chi connectivity index (χ1) is 8.93. The molecule has 0 atom stereocenters. The summed E-state index contributed by atoms with van der Waals surface area (Å²) in [4.78, 5) is 2.49. The summed E-state index contributed by atoms with van der Waals surface area (Å²) in [5.41, 5.74) is 2.95. The monoisotopic (exact) mass is 343 g/mol. The first-order valence-electron chi connectivity index (χ1n) is 7.02. The molecular formula is C16H23BrClN. The number of nitrogens with zero attached hydrogens (tertiary/aromatic N) is 1. The number of hydrogen-bond acceptors (Lipinski definition) is 1. The topological polar surface area (TPSA) is 3.24 Å². The van der Waals surface area contributed by atoms with Crippen molar-refractivity contribution in [3.05, 3.63) is 28.8 Å². The molecule has 1 fully saturated rings. The van der Waals surface area contributed by atoms with Crippen LogP contribution in [0.1, 0.15) is 39.2 Å². The maximum absolute atomic E-state index is 6.29. The van der Waals surface area contributed by atoms with Gasteiger partial charge in [-0.3, -0.25) is 0 Å². The lowest BCUT2D eigenvalue weighted by Crippen LogP contribution is -2.38. The second kappa shape index (κ2) is 6.05. The van der Waals surface area contributed by atoms with E-state index in [9.17, 15) is 0 Å². The minimum atomic E-state index is 0.429. The molecule has 0 saturated carbocycles. The van der Waals surface area contributed by atoms with Crippen molar-refractivity contribution < 1.29 is 0 Å². The number of anilines is 1. The molecule has 1 aliphatic rings. The van der Waals surface area contributed by atoms with Gasteiger partial charge in [0, 0.05) is 34.7 Å². The lowest BCUT2D eigenvalue weighted by Gasteiger charge is -2.40. The smallest absolute Gasteiger partial charge is 0.0467 e. The number of halogens is 2. The predicted octanol–water partition coefficient (Wildman–Crippen LogP) is 5.50.